The highest BCUT2D eigenvalue weighted by Crippen LogP contribution is 2.13. The summed E-state index contributed by atoms with van der Waals surface area (Å²) in [7, 11) is 0. The molecule has 0 heterocycles. The fourth-order valence-corrected chi connectivity index (χ4v) is 3.41. The van der Waals surface area contributed by atoms with E-state index in [1.165, 1.54) is 95.5 Å². The quantitative estimate of drug-likeness (QED) is 0.279. The first-order chi connectivity index (χ1) is 12.9. The van der Waals surface area contributed by atoms with Crippen LogP contribution in [0.3, 0.4) is 0 Å². The van der Waals surface area contributed by atoms with Crippen LogP contribution in [0.25, 0.3) is 0 Å². The van der Waals surface area contributed by atoms with E-state index in [2.05, 4.69) is 30.3 Å². The number of unbranched alkanes of at least 4 members (excludes halogenated alkanes) is 12. The molecule has 0 saturated carbocycles. The predicted octanol–water partition coefficient (Wildman–Crippen LogP) is 6.67. The van der Waals surface area contributed by atoms with Gasteiger partial charge >= 0.3 is 0 Å². The lowest BCUT2D eigenvalue weighted by Crippen LogP contribution is -2.04. The van der Waals surface area contributed by atoms with Gasteiger partial charge in [-0.3, -0.25) is 0 Å². The lowest BCUT2D eigenvalue weighted by Gasteiger charge is -2.04. The smallest absolute Gasteiger partial charge is 0.0478 e. The Bertz CT molecular complexity index is 379. The summed E-state index contributed by atoms with van der Waals surface area (Å²) in [6.07, 6.45) is 20.3. The van der Waals surface area contributed by atoms with E-state index >= 15 is 0 Å². The van der Waals surface area contributed by atoms with Crippen LogP contribution in [0.1, 0.15) is 95.5 Å². The molecule has 0 aliphatic heterocycles. The molecule has 0 radical (unpaired) electrons. The van der Waals surface area contributed by atoms with Crippen LogP contribution in [0.2, 0.25) is 0 Å². The largest absolute Gasteiger partial charge is 0.381 e. The van der Waals surface area contributed by atoms with Crippen LogP contribution in [0.5, 0.6) is 0 Å². The Labute approximate surface area is 162 Å². The van der Waals surface area contributed by atoms with E-state index in [-0.39, 0.29) is 0 Å². The van der Waals surface area contributed by atoms with E-state index < -0.39 is 0 Å². The highest BCUT2D eigenvalue weighted by molar-refractivity contribution is 5.14. The molecule has 0 unspecified atom stereocenters. The van der Waals surface area contributed by atoms with Gasteiger partial charge in [-0.05, 0) is 37.8 Å². The Kier molecular flexibility index (Phi) is 16.9. The molecule has 26 heavy (non-hydrogen) atoms. The van der Waals surface area contributed by atoms with Crippen molar-refractivity contribution in [3.8, 4) is 0 Å². The third kappa shape index (κ3) is 15.4. The van der Waals surface area contributed by atoms with Crippen LogP contribution in [-0.4, -0.2) is 19.8 Å². The molecular formula is C24H43NO. The second-order valence-electron chi connectivity index (χ2n) is 7.59. The van der Waals surface area contributed by atoms with Crippen LogP contribution in [0.4, 0.5) is 0 Å². The van der Waals surface area contributed by atoms with Crippen LogP contribution in [0, 0.1) is 0 Å². The zero-order valence-corrected chi connectivity index (χ0v) is 17.1. The minimum Gasteiger partial charge on any atom is -0.381 e. The average molecular weight is 362 g/mol. The molecule has 0 amide bonds. The molecule has 2 nitrogen and oxygen atoms in total. The Morgan fingerprint density at radius 3 is 1.54 bits per heavy atom. The summed E-state index contributed by atoms with van der Waals surface area (Å²) in [4.78, 5) is 0. The van der Waals surface area contributed by atoms with Crippen LogP contribution < -0.4 is 5.73 Å². The van der Waals surface area contributed by atoms with Gasteiger partial charge in [-0.15, -0.1) is 0 Å². The van der Waals surface area contributed by atoms with Crippen molar-refractivity contribution in [2.75, 3.05) is 19.8 Å². The summed E-state index contributed by atoms with van der Waals surface area (Å²) < 4.78 is 5.52. The maximum atomic E-state index is 5.52. The van der Waals surface area contributed by atoms with Crippen molar-refractivity contribution >= 4 is 0 Å². The highest BCUT2D eigenvalue weighted by atomic mass is 16.5. The minimum absolute atomic E-state index is 0.744. The van der Waals surface area contributed by atoms with E-state index in [1.54, 1.807) is 0 Å². The molecule has 0 aliphatic rings. The van der Waals surface area contributed by atoms with Gasteiger partial charge in [0.2, 0.25) is 0 Å². The molecule has 0 bridgehead atoms. The summed E-state index contributed by atoms with van der Waals surface area (Å²) in [5, 5.41) is 0. The van der Waals surface area contributed by atoms with Crippen molar-refractivity contribution in [2.45, 2.75) is 96.3 Å². The molecule has 0 atom stereocenters. The standard InChI is InChI=1S/C24H43NO/c25-21-17-23-26-22-16-11-9-7-5-3-1-2-4-6-8-10-13-18-24-19-14-12-15-20-24/h12,14-15,19-20H,1-11,13,16-18,21-23,25H2. The molecular weight excluding hydrogens is 318 g/mol. The maximum Gasteiger partial charge on any atom is 0.0478 e. The number of aryl methyl sites for hydroxylation is 1. The summed E-state index contributed by atoms with van der Waals surface area (Å²) in [6, 6.07) is 10.9. The van der Waals surface area contributed by atoms with Gasteiger partial charge in [0.05, 0.1) is 0 Å². The van der Waals surface area contributed by atoms with Crippen molar-refractivity contribution < 1.29 is 4.74 Å². The summed E-state index contributed by atoms with van der Waals surface area (Å²) in [5.74, 6) is 0. The van der Waals surface area contributed by atoms with Gasteiger partial charge in [-0.2, -0.15) is 0 Å². The molecule has 0 fully saturated rings. The van der Waals surface area contributed by atoms with E-state index in [1.807, 2.05) is 0 Å². The van der Waals surface area contributed by atoms with Gasteiger partial charge in [-0.1, -0.05) is 101 Å². The highest BCUT2D eigenvalue weighted by Gasteiger charge is 1.95. The van der Waals surface area contributed by atoms with Crippen molar-refractivity contribution in [3.63, 3.8) is 0 Å². The van der Waals surface area contributed by atoms with E-state index in [0.29, 0.717) is 0 Å². The van der Waals surface area contributed by atoms with Crippen molar-refractivity contribution in [1.82, 2.24) is 0 Å². The molecule has 0 saturated heterocycles. The first-order valence-electron chi connectivity index (χ1n) is 11.2. The maximum absolute atomic E-state index is 5.52. The predicted molar refractivity (Wildman–Crippen MR) is 115 cm³/mol. The molecule has 1 aromatic rings. The first kappa shape index (κ1) is 23.2. The van der Waals surface area contributed by atoms with E-state index in [9.17, 15) is 0 Å². The Hall–Kier alpha value is -0.860. The minimum atomic E-state index is 0.744. The van der Waals surface area contributed by atoms with Crippen LogP contribution in [-0.2, 0) is 11.2 Å². The lowest BCUT2D eigenvalue weighted by molar-refractivity contribution is 0.129. The van der Waals surface area contributed by atoms with Gasteiger partial charge in [0.1, 0.15) is 0 Å². The fraction of sp³-hybridized carbons (Fsp3) is 0.750. The summed E-state index contributed by atoms with van der Waals surface area (Å²) >= 11 is 0. The number of hydrogen-bond donors (Lipinski definition) is 1. The number of benzene rings is 1. The zero-order chi connectivity index (χ0) is 18.5. The zero-order valence-electron chi connectivity index (χ0n) is 17.1. The SMILES string of the molecule is NCCCOCCCCCCCCCCCCCCCc1ccccc1. The monoisotopic (exact) mass is 361 g/mol. The summed E-state index contributed by atoms with van der Waals surface area (Å²) in [5.41, 5.74) is 6.93. The van der Waals surface area contributed by atoms with Gasteiger partial charge < -0.3 is 10.5 Å². The fourth-order valence-electron chi connectivity index (χ4n) is 3.41. The molecule has 0 spiro atoms. The topological polar surface area (TPSA) is 35.2 Å². The molecule has 1 rings (SSSR count). The summed E-state index contributed by atoms with van der Waals surface area (Å²) in [6.45, 7) is 2.50. The van der Waals surface area contributed by atoms with Gasteiger partial charge in [0, 0.05) is 13.2 Å². The normalized spacial score (nSPS) is 11.1. The number of hydrogen-bond acceptors (Lipinski definition) is 2. The first-order valence-corrected chi connectivity index (χ1v) is 11.2. The number of nitrogens with two attached hydrogens (primary N) is 1. The van der Waals surface area contributed by atoms with Gasteiger partial charge in [0.15, 0.2) is 0 Å². The van der Waals surface area contributed by atoms with Crippen molar-refractivity contribution in [2.24, 2.45) is 5.73 Å². The van der Waals surface area contributed by atoms with Gasteiger partial charge in [0.25, 0.3) is 0 Å². The molecule has 2 N–H and O–H groups in total. The molecule has 0 aromatic heterocycles. The molecule has 150 valence electrons. The molecule has 0 aliphatic carbocycles. The van der Waals surface area contributed by atoms with Crippen molar-refractivity contribution in [1.29, 1.82) is 0 Å². The third-order valence-corrected chi connectivity index (χ3v) is 5.09. The Morgan fingerprint density at radius 1 is 0.538 bits per heavy atom. The van der Waals surface area contributed by atoms with E-state index in [0.717, 1.165) is 26.2 Å². The Morgan fingerprint density at radius 2 is 1.00 bits per heavy atom. The number of ether oxygens (including phenoxy) is 1. The Balaban J connectivity index is 1.68. The average Bonchev–Trinajstić information content (AvgIpc) is 2.68. The lowest BCUT2D eigenvalue weighted by atomic mass is 10.0. The second kappa shape index (κ2) is 18.9. The third-order valence-electron chi connectivity index (χ3n) is 5.09. The van der Waals surface area contributed by atoms with Crippen LogP contribution >= 0.6 is 0 Å². The molecule has 2 heteroatoms. The van der Waals surface area contributed by atoms with Crippen LogP contribution in [0.15, 0.2) is 30.3 Å². The molecule has 1 aromatic carbocycles. The van der Waals surface area contributed by atoms with Gasteiger partial charge in [-0.25, -0.2) is 0 Å². The van der Waals surface area contributed by atoms with E-state index in [4.69, 9.17) is 10.5 Å². The van der Waals surface area contributed by atoms with Crippen molar-refractivity contribution in [3.05, 3.63) is 35.9 Å². The number of rotatable bonds is 19. The second-order valence-corrected chi connectivity index (χ2v) is 7.59.